The summed E-state index contributed by atoms with van der Waals surface area (Å²) in [4.78, 5) is 4.95. The molecule has 3 unspecified atom stereocenters. The second kappa shape index (κ2) is 6.46. The Bertz CT molecular complexity index is 451. The zero-order valence-electron chi connectivity index (χ0n) is 13.2. The van der Waals surface area contributed by atoms with Crippen molar-refractivity contribution >= 4 is 21.6 Å². The fourth-order valence-corrected chi connectivity index (χ4v) is 3.46. The number of likely N-dealkylation sites (N-methyl/N-ethyl adjacent to an activating group) is 1. The molecule has 0 bridgehead atoms. The molecule has 2 rings (SSSR count). The van der Waals surface area contributed by atoms with E-state index in [1.54, 1.807) is 0 Å². The third kappa shape index (κ3) is 3.18. The molecule has 0 amide bonds. The summed E-state index contributed by atoms with van der Waals surface area (Å²) in [5.41, 5.74) is 2.63. The van der Waals surface area contributed by atoms with Crippen molar-refractivity contribution in [3.63, 3.8) is 0 Å². The Morgan fingerprint density at radius 2 is 1.85 bits per heavy atom. The minimum Gasteiger partial charge on any atom is -0.368 e. The molecule has 0 spiro atoms. The Balaban J connectivity index is 2.21. The molecule has 1 aromatic rings. The van der Waals surface area contributed by atoms with Gasteiger partial charge >= 0.3 is 0 Å². The molecule has 112 valence electrons. The van der Waals surface area contributed by atoms with Crippen molar-refractivity contribution < 1.29 is 0 Å². The summed E-state index contributed by atoms with van der Waals surface area (Å²) >= 11 is 3.75. The fourth-order valence-electron chi connectivity index (χ4n) is 2.82. The van der Waals surface area contributed by atoms with Crippen LogP contribution in [0, 0.1) is 0 Å². The van der Waals surface area contributed by atoms with Crippen LogP contribution in [0.15, 0.2) is 22.7 Å². The van der Waals surface area contributed by atoms with Crippen molar-refractivity contribution in [1.82, 2.24) is 10.2 Å². The second-order valence-electron chi connectivity index (χ2n) is 5.99. The molecular weight excluding hydrogens is 314 g/mol. The van der Waals surface area contributed by atoms with Gasteiger partial charge in [-0.15, -0.1) is 0 Å². The van der Waals surface area contributed by atoms with E-state index in [1.165, 1.54) is 15.7 Å². The maximum atomic E-state index is 3.75. The molecule has 20 heavy (non-hydrogen) atoms. The number of rotatable bonds is 3. The first-order valence-corrected chi connectivity index (χ1v) is 8.17. The summed E-state index contributed by atoms with van der Waals surface area (Å²) < 4.78 is 1.20. The SMILES string of the molecule is CNC(C)c1ccc(N2CC(C)N(C)C(C)C2)c(Br)c1. The summed E-state index contributed by atoms with van der Waals surface area (Å²) in [6.45, 7) is 8.95. The Hall–Kier alpha value is -0.580. The lowest BCUT2D eigenvalue weighted by Crippen LogP contribution is -2.55. The third-order valence-electron chi connectivity index (χ3n) is 4.61. The maximum absolute atomic E-state index is 3.75. The highest BCUT2D eigenvalue weighted by atomic mass is 79.9. The first kappa shape index (κ1) is 15.8. The molecule has 3 atom stereocenters. The summed E-state index contributed by atoms with van der Waals surface area (Å²) in [5.74, 6) is 0. The zero-order valence-corrected chi connectivity index (χ0v) is 14.7. The van der Waals surface area contributed by atoms with Gasteiger partial charge in [0.1, 0.15) is 0 Å². The van der Waals surface area contributed by atoms with Crippen LogP contribution in [0.5, 0.6) is 0 Å². The molecule has 0 radical (unpaired) electrons. The number of hydrogen-bond donors (Lipinski definition) is 1. The van der Waals surface area contributed by atoms with Crippen LogP contribution in [0.2, 0.25) is 0 Å². The minimum atomic E-state index is 0.380. The third-order valence-corrected chi connectivity index (χ3v) is 5.24. The number of anilines is 1. The van der Waals surface area contributed by atoms with E-state index in [-0.39, 0.29) is 0 Å². The van der Waals surface area contributed by atoms with E-state index in [2.05, 4.69) is 77.1 Å². The van der Waals surface area contributed by atoms with Crippen LogP contribution >= 0.6 is 15.9 Å². The molecule has 1 heterocycles. The molecule has 3 nitrogen and oxygen atoms in total. The van der Waals surface area contributed by atoms with Crippen LogP contribution in [0.3, 0.4) is 0 Å². The Kier molecular flexibility index (Phi) is 5.10. The van der Waals surface area contributed by atoms with E-state index < -0.39 is 0 Å². The van der Waals surface area contributed by atoms with Gasteiger partial charge < -0.3 is 10.2 Å². The molecule has 1 aliphatic rings. The van der Waals surface area contributed by atoms with Gasteiger partial charge in [0, 0.05) is 35.7 Å². The first-order chi connectivity index (χ1) is 9.43. The van der Waals surface area contributed by atoms with E-state index in [0.29, 0.717) is 18.1 Å². The van der Waals surface area contributed by atoms with Gasteiger partial charge in [0.15, 0.2) is 0 Å². The van der Waals surface area contributed by atoms with Crippen molar-refractivity contribution in [3.05, 3.63) is 28.2 Å². The van der Waals surface area contributed by atoms with Crippen LogP contribution in [-0.4, -0.2) is 44.2 Å². The highest BCUT2D eigenvalue weighted by Gasteiger charge is 2.27. The predicted molar refractivity (Wildman–Crippen MR) is 90.5 cm³/mol. The lowest BCUT2D eigenvalue weighted by atomic mass is 10.1. The summed E-state index contributed by atoms with van der Waals surface area (Å²) in [5, 5.41) is 3.29. The van der Waals surface area contributed by atoms with Gasteiger partial charge in [-0.3, -0.25) is 4.90 Å². The minimum absolute atomic E-state index is 0.380. The quantitative estimate of drug-likeness (QED) is 0.911. The molecular formula is C16H26BrN3. The molecule has 1 aliphatic heterocycles. The van der Waals surface area contributed by atoms with Crippen molar-refractivity contribution in [2.75, 3.05) is 32.1 Å². The zero-order chi connectivity index (χ0) is 14.9. The van der Waals surface area contributed by atoms with E-state index in [9.17, 15) is 0 Å². The van der Waals surface area contributed by atoms with Gasteiger partial charge in [-0.25, -0.2) is 0 Å². The standard InChI is InChI=1S/C16H26BrN3/c1-11-9-20(10-12(2)19(11)5)16-7-6-14(8-15(16)17)13(3)18-4/h6-8,11-13,18H,9-10H2,1-5H3. The smallest absolute Gasteiger partial charge is 0.0511 e. The van der Waals surface area contributed by atoms with E-state index in [1.807, 2.05) is 7.05 Å². The normalized spacial score (nSPS) is 25.8. The predicted octanol–water partition coefficient (Wildman–Crippen LogP) is 3.26. The van der Waals surface area contributed by atoms with Gasteiger partial charge in [0.2, 0.25) is 0 Å². The molecule has 1 N–H and O–H groups in total. The Morgan fingerprint density at radius 3 is 2.35 bits per heavy atom. The molecule has 1 saturated heterocycles. The number of piperazine rings is 1. The molecule has 1 aromatic carbocycles. The lowest BCUT2D eigenvalue weighted by molar-refractivity contribution is 0.170. The summed E-state index contributed by atoms with van der Waals surface area (Å²) in [7, 11) is 4.22. The second-order valence-corrected chi connectivity index (χ2v) is 6.84. The lowest BCUT2D eigenvalue weighted by Gasteiger charge is -2.43. The van der Waals surface area contributed by atoms with Gasteiger partial charge in [-0.1, -0.05) is 6.07 Å². The van der Waals surface area contributed by atoms with Gasteiger partial charge in [-0.05, 0) is 68.5 Å². The maximum Gasteiger partial charge on any atom is 0.0511 e. The number of hydrogen-bond acceptors (Lipinski definition) is 3. The van der Waals surface area contributed by atoms with Crippen LogP contribution in [-0.2, 0) is 0 Å². The Labute approximate surface area is 131 Å². The number of benzene rings is 1. The summed E-state index contributed by atoms with van der Waals surface area (Å²) in [6.07, 6.45) is 0. The van der Waals surface area contributed by atoms with Gasteiger partial charge in [0.05, 0.1) is 5.69 Å². The highest BCUT2D eigenvalue weighted by molar-refractivity contribution is 9.10. The monoisotopic (exact) mass is 339 g/mol. The first-order valence-electron chi connectivity index (χ1n) is 7.37. The molecule has 0 saturated carbocycles. The van der Waals surface area contributed by atoms with Crippen LogP contribution in [0.25, 0.3) is 0 Å². The largest absolute Gasteiger partial charge is 0.368 e. The molecule has 1 fully saturated rings. The number of nitrogens with one attached hydrogen (secondary N) is 1. The van der Waals surface area contributed by atoms with Gasteiger partial charge in [-0.2, -0.15) is 0 Å². The van der Waals surface area contributed by atoms with Crippen molar-refractivity contribution in [2.45, 2.75) is 38.9 Å². The average molecular weight is 340 g/mol. The molecule has 0 aromatic heterocycles. The number of halogens is 1. The summed E-state index contributed by atoms with van der Waals surface area (Å²) in [6, 6.07) is 8.27. The van der Waals surface area contributed by atoms with Crippen molar-refractivity contribution in [3.8, 4) is 0 Å². The highest BCUT2D eigenvalue weighted by Crippen LogP contribution is 2.31. The van der Waals surface area contributed by atoms with E-state index in [0.717, 1.165) is 13.1 Å². The van der Waals surface area contributed by atoms with Crippen molar-refractivity contribution in [2.24, 2.45) is 0 Å². The van der Waals surface area contributed by atoms with Crippen LogP contribution < -0.4 is 10.2 Å². The van der Waals surface area contributed by atoms with Gasteiger partial charge in [0.25, 0.3) is 0 Å². The fraction of sp³-hybridized carbons (Fsp3) is 0.625. The number of nitrogens with zero attached hydrogens (tertiary/aromatic N) is 2. The van der Waals surface area contributed by atoms with Crippen LogP contribution in [0.4, 0.5) is 5.69 Å². The average Bonchev–Trinajstić information content (AvgIpc) is 2.43. The van der Waals surface area contributed by atoms with E-state index in [4.69, 9.17) is 0 Å². The Morgan fingerprint density at radius 1 is 1.25 bits per heavy atom. The van der Waals surface area contributed by atoms with Crippen molar-refractivity contribution in [1.29, 1.82) is 0 Å². The molecule has 4 heteroatoms. The van der Waals surface area contributed by atoms with E-state index >= 15 is 0 Å². The topological polar surface area (TPSA) is 18.5 Å². The molecule has 0 aliphatic carbocycles. The van der Waals surface area contributed by atoms with Crippen LogP contribution in [0.1, 0.15) is 32.4 Å².